The number of anilines is 1. The van der Waals surface area contributed by atoms with Gasteiger partial charge in [-0.2, -0.15) is 0 Å². The molecule has 3 heteroatoms. The number of nitrogens with one attached hydrogen (secondary N) is 1. The molecule has 0 aliphatic carbocycles. The zero-order chi connectivity index (χ0) is 13.8. The molecule has 0 spiro atoms. The lowest BCUT2D eigenvalue weighted by Crippen LogP contribution is -2.40. The van der Waals surface area contributed by atoms with Crippen LogP contribution in [0.1, 0.15) is 39.7 Å². The number of hydrogen-bond acceptors (Lipinski definition) is 2. The molecule has 0 fully saturated rings. The molecule has 1 rings (SSSR count). The Morgan fingerprint density at radius 2 is 1.89 bits per heavy atom. The van der Waals surface area contributed by atoms with Gasteiger partial charge in [-0.1, -0.05) is 13.8 Å². The SMILES string of the molecule is CCNCc1cc(F)cc(N(C)C(C)(C)CC)c1. The maximum absolute atomic E-state index is 13.7. The first kappa shape index (κ1) is 15.0. The van der Waals surface area contributed by atoms with Crippen molar-refractivity contribution in [1.29, 1.82) is 0 Å². The molecule has 0 atom stereocenters. The van der Waals surface area contributed by atoms with E-state index in [0.29, 0.717) is 6.54 Å². The van der Waals surface area contributed by atoms with E-state index in [1.165, 1.54) is 0 Å². The molecular formula is C15H25FN2. The summed E-state index contributed by atoms with van der Waals surface area (Å²) in [5.41, 5.74) is 1.96. The van der Waals surface area contributed by atoms with Crippen molar-refractivity contribution in [3.05, 3.63) is 29.6 Å². The van der Waals surface area contributed by atoms with Crippen molar-refractivity contribution in [2.75, 3.05) is 18.5 Å². The predicted octanol–water partition coefficient (Wildman–Crippen LogP) is 3.56. The summed E-state index contributed by atoms with van der Waals surface area (Å²) < 4.78 is 13.7. The highest BCUT2D eigenvalue weighted by atomic mass is 19.1. The quantitative estimate of drug-likeness (QED) is 0.832. The van der Waals surface area contributed by atoms with E-state index in [9.17, 15) is 4.39 Å². The summed E-state index contributed by atoms with van der Waals surface area (Å²) in [5, 5.41) is 3.23. The molecule has 1 aromatic rings. The largest absolute Gasteiger partial charge is 0.369 e. The van der Waals surface area contributed by atoms with E-state index in [-0.39, 0.29) is 11.4 Å². The van der Waals surface area contributed by atoms with Gasteiger partial charge in [0.2, 0.25) is 0 Å². The van der Waals surface area contributed by atoms with Crippen molar-refractivity contribution in [1.82, 2.24) is 5.32 Å². The fourth-order valence-electron chi connectivity index (χ4n) is 1.79. The van der Waals surface area contributed by atoms with Crippen molar-refractivity contribution in [3.63, 3.8) is 0 Å². The zero-order valence-electron chi connectivity index (χ0n) is 12.2. The van der Waals surface area contributed by atoms with Crippen LogP contribution in [0.3, 0.4) is 0 Å². The Bertz CT molecular complexity index is 388. The highest BCUT2D eigenvalue weighted by Gasteiger charge is 2.22. The van der Waals surface area contributed by atoms with Crippen LogP contribution in [0.25, 0.3) is 0 Å². The van der Waals surface area contributed by atoms with Gasteiger partial charge in [-0.15, -0.1) is 0 Å². The molecule has 18 heavy (non-hydrogen) atoms. The molecule has 0 radical (unpaired) electrons. The lowest BCUT2D eigenvalue weighted by atomic mass is 9.98. The maximum atomic E-state index is 13.7. The Kier molecular flexibility index (Phi) is 5.15. The van der Waals surface area contributed by atoms with E-state index in [0.717, 1.165) is 24.2 Å². The summed E-state index contributed by atoms with van der Waals surface area (Å²) in [4.78, 5) is 2.14. The molecule has 0 aromatic heterocycles. The lowest BCUT2D eigenvalue weighted by Gasteiger charge is -2.37. The smallest absolute Gasteiger partial charge is 0.125 e. The minimum absolute atomic E-state index is 0.0310. The number of nitrogens with zero attached hydrogens (tertiary/aromatic N) is 1. The van der Waals surface area contributed by atoms with E-state index in [1.54, 1.807) is 12.1 Å². The minimum Gasteiger partial charge on any atom is -0.369 e. The second kappa shape index (κ2) is 6.19. The van der Waals surface area contributed by atoms with Gasteiger partial charge in [0.05, 0.1) is 0 Å². The van der Waals surface area contributed by atoms with Gasteiger partial charge in [-0.05, 0) is 50.6 Å². The second-order valence-corrected chi connectivity index (χ2v) is 5.32. The highest BCUT2D eigenvalue weighted by molar-refractivity contribution is 5.50. The Labute approximate surface area is 110 Å². The maximum Gasteiger partial charge on any atom is 0.125 e. The van der Waals surface area contributed by atoms with Gasteiger partial charge >= 0.3 is 0 Å². The van der Waals surface area contributed by atoms with E-state index < -0.39 is 0 Å². The van der Waals surface area contributed by atoms with Crippen LogP contribution < -0.4 is 10.2 Å². The molecule has 0 aliphatic heterocycles. The topological polar surface area (TPSA) is 15.3 Å². The third-order valence-corrected chi connectivity index (χ3v) is 3.68. The second-order valence-electron chi connectivity index (χ2n) is 5.32. The summed E-state index contributed by atoms with van der Waals surface area (Å²) in [6.07, 6.45) is 1.02. The number of halogens is 1. The van der Waals surface area contributed by atoms with E-state index >= 15 is 0 Å². The molecule has 0 amide bonds. The molecule has 0 unspecified atom stereocenters. The molecule has 102 valence electrons. The van der Waals surface area contributed by atoms with Crippen LogP contribution in [-0.2, 0) is 6.54 Å². The Morgan fingerprint density at radius 3 is 2.44 bits per heavy atom. The molecule has 0 saturated carbocycles. The van der Waals surface area contributed by atoms with Crippen molar-refractivity contribution >= 4 is 5.69 Å². The predicted molar refractivity (Wildman–Crippen MR) is 76.6 cm³/mol. The molecule has 1 aromatic carbocycles. The highest BCUT2D eigenvalue weighted by Crippen LogP contribution is 2.26. The fraction of sp³-hybridized carbons (Fsp3) is 0.600. The number of rotatable bonds is 6. The van der Waals surface area contributed by atoms with Crippen LogP contribution in [-0.4, -0.2) is 19.1 Å². The third-order valence-electron chi connectivity index (χ3n) is 3.68. The van der Waals surface area contributed by atoms with Gasteiger partial charge in [0, 0.05) is 24.8 Å². The summed E-state index contributed by atoms with van der Waals surface area (Å²) in [7, 11) is 2.02. The standard InChI is InChI=1S/C15H25FN2/c1-6-15(3,4)18(5)14-9-12(11-17-7-2)8-13(16)10-14/h8-10,17H,6-7,11H2,1-5H3. The molecule has 0 heterocycles. The zero-order valence-corrected chi connectivity index (χ0v) is 12.2. The summed E-state index contributed by atoms with van der Waals surface area (Å²) >= 11 is 0. The van der Waals surface area contributed by atoms with Gasteiger partial charge in [0.1, 0.15) is 5.82 Å². The van der Waals surface area contributed by atoms with E-state index in [4.69, 9.17) is 0 Å². The monoisotopic (exact) mass is 252 g/mol. The van der Waals surface area contributed by atoms with Crippen LogP contribution in [0.2, 0.25) is 0 Å². The molecule has 0 saturated heterocycles. The van der Waals surface area contributed by atoms with Gasteiger partial charge in [-0.3, -0.25) is 0 Å². The van der Waals surface area contributed by atoms with E-state index in [1.807, 2.05) is 14.0 Å². The van der Waals surface area contributed by atoms with Gasteiger partial charge < -0.3 is 10.2 Å². The van der Waals surface area contributed by atoms with E-state index in [2.05, 4.69) is 37.1 Å². The van der Waals surface area contributed by atoms with Crippen molar-refractivity contribution < 1.29 is 4.39 Å². The molecule has 2 nitrogen and oxygen atoms in total. The molecule has 1 N–H and O–H groups in total. The van der Waals surface area contributed by atoms with Gasteiger partial charge in [-0.25, -0.2) is 4.39 Å². The fourth-order valence-corrected chi connectivity index (χ4v) is 1.79. The number of benzene rings is 1. The molecular weight excluding hydrogens is 227 g/mol. The Hall–Kier alpha value is -1.09. The number of hydrogen-bond donors (Lipinski definition) is 1. The summed E-state index contributed by atoms with van der Waals surface area (Å²) in [5.74, 6) is -0.167. The Balaban J connectivity index is 2.98. The lowest BCUT2D eigenvalue weighted by molar-refractivity contribution is 0.469. The molecule has 0 aliphatic rings. The van der Waals surface area contributed by atoms with Crippen LogP contribution in [0.5, 0.6) is 0 Å². The Morgan fingerprint density at radius 1 is 1.22 bits per heavy atom. The first-order valence-electron chi connectivity index (χ1n) is 6.64. The average molecular weight is 252 g/mol. The van der Waals surface area contributed by atoms with Crippen molar-refractivity contribution in [2.45, 2.75) is 46.2 Å². The third kappa shape index (κ3) is 3.70. The van der Waals surface area contributed by atoms with Crippen LogP contribution in [0.4, 0.5) is 10.1 Å². The minimum atomic E-state index is -0.167. The van der Waals surface area contributed by atoms with Crippen molar-refractivity contribution in [2.24, 2.45) is 0 Å². The summed E-state index contributed by atoms with van der Waals surface area (Å²) in [6, 6.07) is 5.26. The van der Waals surface area contributed by atoms with Gasteiger partial charge in [0.15, 0.2) is 0 Å². The summed E-state index contributed by atoms with van der Waals surface area (Å²) in [6.45, 7) is 10.1. The average Bonchev–Trinajstić information content (AvgIpc) is 2.34. The van der Waals surface area contributed by atoms with Crippen LogP contribution >= 0.6 is 0 Å². The van der Waals surface area contributed by atoms with Crippen molar-refractivity contribution in [3.8, 4) is 0 Å². The first-order chi connectivity index (χ1) is 8.40. The normalized spacial score (nSPS) is 11.7. The first-order valence-corrected chi connectivity index (χ1v) is 6.64. The van der Waals surface area contributed by atoms with Crippen LogP contribution in [0, 0.1) is 5.82 Å². The van der Waals surface area contributed by atoms with Crippen LogP contribution in [0.15, 0.2) is 18.2 Å². The molecule has 0 bridgehead atoms. The van der Waals surface area contributed by atoms with Gasteiger partial charge in [0.25, 0.3) is 0 Å².